The molecule has 0 aromatic carbocycles. The van der Waals surface area contributed by atoms with Gasteiger partial charge in [0, 0.05) is 22.8 Å². The third-order valence-corrected chi connectivity index (χ3v) is 7.15. The van der Waals surface area contributed by atoms with Crippen LogP contribution in [0.2, 0.25) is 0 Å². The normalized spacial score (nSPS) is 11.9. The second-order valence-electron chi connectivity index (χ2n) is 4.23. The lowest BCUT2D eigenvalue weighted by atomic mass is 10.3. The zero-order chi connectivity index (χ0) is 14.8. The molecule has 0 saturated heterocycles. The van der Waals surface area contributed by atoms with Gasteiger partial charge in [0.2, 0.25) is 10.0 Å². The minimum absolute atomic E-state index is 0.312. The number of rotatable bonds is 6. The molecule has 110 valence electrons. The summed E-state index contributed by atoms with van der Waals surface area (Å²) in [6, 6.07) is 3.82. The van der Waals surface area contributed by atoms with E-state index >= 15 is 0 Å². The highest BCUT2D eigenvalue weighted by molar-refractivity contribution is 9.11. The molecule has 0 aliphatic carbocycles. The molecule has 8 heteroatoms. The maximum atomic E-state index is 12.5. The van der Waals surface area contributed by atoms with Crippen LogP contribution in [-0.2, 0) is 23.1 Å². The molecule has 0 unspecified atom stereocenters. The highest BCUT2D eigenvalue weighted by Crippen LogP contribution is 2.27. The molecular weight excluding hydrogens is 380 g/mol. The molecule has 0 atom stereocenters. The van der Waals surface area contributed by atoms with Gasteiger partial charge in [0.05, 0.1) is 3.79 Å². The van der Waals surface area contributed by atoms with E-state index in [-0.39, 0.29) is 0 Å². The van der Waals surface area contributed by atoms with Crippen molar-refractivity contribution < 1.29 is 8.42 Å². The Morgan fingerprint density at radius 3 is 2.65 bits per heavy atom. The fourth-order valence-electron chi connectivity index (χ4n) is 1.82. The fraction of sp³-hybridized carbons (Fsp3) is 0.333. The molecule has 2 aromatic rings. The minimum atomic E-state index is -3.48. The van der Waals surface area contributed by atoms with Crippen LogP contribution in [0.1, 0.15) is 15.3 Å². The zero-order valence-electron chi connectivity index (χ0n) is 11.1. The van der Waals surface area contributed by atoms with Crippen molar-refractivity contribution >= 4 is 48.6 Å². The SMILES string of the molecule is CNCc1scc(C)c1S(=O)(=O)NCc1ccc(Br)s1. The third-order valence-electron chi connectivity index (χ3n) is 2.66. The van der Waals surface area contributed by atoms with Crippen molar-refractivity contribution in [3.63, 3.8) is 0 Å². The van der Waals surface area contributed by atoms with E-state index in [2.05, 4.69) is 26.0 Å². The summed E-state index contributed by atoms with van der Waals surface area (Å²) in [6.45, 7) is 2.69. The van der Waals surface area contributed by atoms with Gasteiger partial charge in [-0.1, -0.05) is 0 Å². The Labute approximate surface area is 135 Å². The van der Waals surface area contributed by atoms with Gasteiger partial charge in [-0.15, -0.1) is 22.7 Å². The van der Waals surface area contributed by atoms with Crippen molar-refractivity contribution in [1.29, 1.82) is 0 Å². The first-order chi connectivity index (χ1) is 9.44. The van der Waals surface area contributed by atoms with Gasteiger partial charge in [0.25, 0.3) is 0 Å². The molecule has 0 radical (unpaired) electrons. The first kappa shape index (κ1) is 16.1. The molecule has 20 heavy (non-hydrogen) atoms. The lowest BCUT2D eigenvalue weighted by Gasteiger charge is -2.08. The molecule has 4 nitrogen and oxygen atoms in total. The zero-order valence-corrected chi connectivity index (χ0v) is 15.1. The van der Waals surface area contributed by atoms with Gasteiger partial charge in [-0.2, -0.15) is 0 Å². The van der Waals surface area contributed by atoms with Gasteiger partial charge in [-0.25, -0.2) is 13.1 Å². The van der Waals surface area contributed by atoms with Crippen LogP contribution in [0.15, 0.2) is 26.2 Å². The molecule has 2 rings (SSSR count). The lowest BCUT2D eigenvalue weighted by Crippen LogP contribution is -2.24. The molecule has 0 bridgehead atoms. The van der Waals surface area contributed by atoms with Crippen molar-refractivity contribution in [2.75, 3.05) is 7.05 Å². The summed E-state index contributed by atoms with van der Waals surface area (Å²) in [5.41, 5.74) is 0.792. The first-order valence-corrected chi connectivity index (χ1v) is 9.86. The summed E-state index contributed by atoms with van der Waals surface area (Å²) < 4.78 is 28.6. The predicted octanol–water partition coefficient (Wildman–Crippen LogP) is 3.08. The van der Waals surface area contributed by atoms with Crippen molar-refractivity contribution in [3.05, 3.63) is 36.6 Å². The van der Waals surface area contributed by atoms with E-state index in [0.717, 1.165) is 19.1 Å². The van der Waals surface area contributed by atoms with Crippen LogP contribution >= 0.6 is 38.6 Å². The van der Waals surface area contributed by atoms with Gasteiger partial charge in [-0.05, 0) is 53.0 Å². The van der Waals surface area contributed by atoms with Crippen molar-refractivity contribution in [3.8, 4) is 0 Å². The Morgan fingerprint density at radius 2 is 2.05 bits per heavy atom. The monoisotopic (exact) mass is 394 g/mol. The highest BCUT2D eigenvalue weighted by Gasteiger charge is 2.22. The van der Waals surface area contributed by atoms with E-state index in [1.807, 2.05) is 31.5 Å². The fourth-order valence-corrected chi connectivity index (χ4v) is 6.16. The van der Waals surface area contributed by atoms with Crippen LogP contribution < -0.4 is 10.0 Å². The maximum Gasteiger partial charge on any atom is 0.242 e. The van der Waals surface area contributed by atoms with E-state index in [1.54, 1.807) is 0 Å². The van der Waals surface area contributed by atoms with Crippen LogP contribution in [-0.4, -0.2) is 15.5 Å². The first-order valence-electron chi connectivity index (χ1n) is 5.89. The Hall–Kier alpha value is -0.250. The Morgan fingerprint density at radius 1 is 1.30 bits per heavy atom. The number of hydrogen-bond acceptors (Lipinski definition) is 5. The standard InChI is InChI=1S/C12H15BrN2O2S3/c1-8-7-18-10(6-14-2)12(8)20(16,17)15-5-9-3-4-11(13)19-9/h3-4,7,14-15H,5-6H2,1-2H3. The molecular formula is C12H15BrN2O2S3. The van der Waals surface area contributed by atoms with Crippen LogP contribution in [0, 0.1) is 6.92 Å². The van der Waals surface area contributed by atoms with Crippen LogP contribution in [0.25, 0.3) is 0 Å². The average Bonchev–Trinajstić information content (AvgIpc) is 2.95. The highest BCUT2D eigenvalue weighted by atomic mass is 79.9. The Balaban J connectivity index is 2.20. The van der Waals surface area contributed by atoms with Gasteiger partial charge in [0.15, 0.2) is 0 Å². The van der Waals surface area contributed by atoms with Crippen molar-refractivity contribution in [1.82, 2.24) is 10.0 Å². The summed E-state index contributed by atoms with van der Waals surface area (Å²) in [5, 5.41) is 4.88. The number of thiophene rings is 2. The van der Waals surface area contributed by atoms with Crippen LogP contribution in [0.4, 0.5) is 0 Å². The number of aryl methyl sites for hydroxylation is 1. The largest absolute Gasteiger partial charge is 0.315 e. The van der Waals surface area contributed by atoms with Gasteiger partial charge in [0.1, 0.15) is 4.90 Å². The van der Waals surface area contributed by atoms with Crippen molar-refractivity contribution in [2.45, 2.75) is 24.9 Å². The van der Waals surface area contributed by atoms with E-state index < -0.39 is 10.0 Å². The molecule has 2 N–H and O–H groups in total. The van der Waals surface area contributed by atoms with Crippen LogP contribution in [0.3, 0.4) is 0 Å². The predicted molar refractivity (Wildman–Crippen MR) is 87.9 cm³/mol. The minimum Gasteiger partial charge on any atom is -0.315 e. The number of nitrogens with one attached hydrogen (secondary N) is 2. The average molecular weight is 395 g/mol. The molecule has 0 spiro atoms. The smallest absolute Gasteiger partial charge is 0.242 e. The summed E-state index contributed by atoms with van der Waals surface area (Å²) in [6.07, 6.45) is 0. The molecule has 0 aliphatic heterocycles. The van der Waals surface area contributed by atoms with Gasteiger partial charge >= 0.3 is 0 Å². The van der Waals surface area contributed by atoms with E-state index in [9.17, 15) is 8.42 Å². The summed E-state index contributed by atoms with van der Waals surface area (Å²) >= 11 is 6.36. The summed E-state index contributed by atoms with van der Waals surface area (Å²) in [5.74, 6) is 0. The van der Waals surface area contributed by atoms with E-state index in [1.165, 1.54) is 22.7 Å². The Kier molecular flexibility index (Phi) is 5.38. The van der Waals surface area contributed by atoms with Gasteiger partial charge < -0.3 is 5.32 Å². The van der Waals surface area contributed by atoms with E-state index in [4.69, 9.17) is 0 Å². The summed E-state index contributed by atoms with van der Waals surface area (Å²) in [4.78, 5) is 2.22. The quantitative estimate of drug-likeness (QED) is 0.791. The molecule has 0 aliphatic rings. The molecule has 0 fully saturated rings. The van der Waals surface area contributed by atoms with E-state index in [0.29, 0.717) is 18.0 Å². The second kappa shape index (κ2) is 6.67. The van der Waals surface area contributed by atoms with Crippen molar-refractivity contribution in [2.24, 2.45) is 0 Å². The molecule has 2 aromatic heterocycles. The molecule has 0 amide bonds. The topological polar surface area (TPSA) is 58.2 Å². The molecule has 0 saturated carbocycles. The second-order valence-corrected chi connectivity index (χ2v) is 9.45. The Bertz CT molecular complexity index is 691. The number of hydrogen-bond donors (Lipinski definition) is 2. The number of sulfonamides is 1. The summed E-state index contributed by atoms with van der Waals surface area (Å²) in [7, 11) is -1.67. The number of halogens is 1. The third kappa shape index (κ3) is 3.69. The molecule has 2 heterocycles. The van der Waals surface area contributed by atoms with Crippen LogP contribution in [0.5, 0.6) is 0 Å². The lowest BCUT2D eigenvalue weighted by molar-refractivity contribution is 0.580. The maximum absolute atomic E-state index is 12.5. The van der Waals surface area contributed by atoms with Gasteiger partial charge in [-0.3, -0.25) is 0 Å².